The normalized spacial score (nSPS) is 22.5. The van der Waals surface area contributed by atoms with Crippen LogP contribution in [0.1, 0.15) is 12.8 Å². The van der Waals surface area contributed by atoms with Crippen molar-refractivity contribution in [3.63, 3.8) is 0 Å². The van der Waals surface area contributed by atoms with E-state index in [-0.39, 0.29) is 11.0 Å². The van der Waals surface area contributed by atoms with Gasteiger partial charge >= 0.3 is 0 Å². The summed E-state index contributed by atoms with van der Waals surface area (Å²) in [7, 11) is -2.94. The van der Waals surface area contributed by atoms with Crippen molar-refractivity contribution >= 4 is 32.9 Å². The fourth-order valence-electron chi connectivity index (χ4n) is 1.89. The van der Waals surface area contributed by atoms with Crippen LogP contribution in [0.25, 0.3) is 0 Å². The average Bonchev–Trinajstić information content (AvgIpc) is 2.59. The molecule has 94 valence electrons. The van der Waals surface area contributed by atoms with Gasteiger partial charge in [0.05, 0.1) is 16.7 Å². The third-order valence-corrected chi connectivity index (χ3v) is 5.34. The summed E-state index contributed by atoms with van der Waals surface area (Å²) >= 11 is 5.74. The number of pyridine rings is 1. The van der Waals surface area contributed by atoms with Gasteiger partial charge in [-0.1, -0.05) is 11.6 Å². The highest BCUT2D eigenvalue weighted by Gasteiger charge is 2.30. The van der Waals surface area contributed by atoms with Crippen LogP contribution in [0.4, 0.5) is 11.5 Å². The second-order valence-corrected chi connectivity index (χ2v) is 6.87. The van der Waals surface area contributed by atoms with Crippen LogP contribution in [0.15, 0.2) is 12.1 Å². The Labute approximate surface area is 105 Å². The van der Waals surface area contributed by atoms with Crippen molar-refractivity contribution in [2.45, 2.75) is 18.1 Å². The quantitative estimate of drug-likeness (QED) is 0.813. The number of hydrogen-bond donors (Lipinski definition) is 2. The van der Waals surface area contributed by atoms with Crippen LogP contribution in [-0.2, 0) is 9.84 Å². The van der Waals surface area contributed by atoms with E-state index in [2.05, 4.69) is 10.3 Å². The van der Waals surface area contributed by atoms with Crippen LogP contribution >= 0.6 is 11.6 Å². The molecule has 2 heterocycles. The molecule has 1 fully saturated rings. The first-order valence-electron chi connectivity index (χ1n) is 5.36. The molecular formula is C10H14ClN3O2S. The number of aromatic nitrogens is 1. The van der Waals surface area contributed by atoms with Gasteiger partial charge in [0.2, 0.25) is 0 Å². The molecule has 3 N–H and O–H groups in total. The first-order chi connectivity index (χ1) is 7.99. The molecule has 5 nitrogen and oxygen atoms in total. The zero-order chi connectivity index (χ0) is 12.5. The van der Waals surface area contributed by atoms with E-state index in [1.807, 2.05) is 0 Å². The standard InChI is InChI=1S/C10H14ClN3O2S/c11-9-4-3-8(12)10(14-9)13-6-7-2-1-5-17(7,15)16/h3-4,7H,1-2,5-6,12H2,(H,13,14). The molecule has 1 atom stereocenters. The van der Waals surface area contributed by atoms with Crippen LogP contribution < -0.4 is 11.1 Å². The maximum atomic E-state index is 11.6. The van der Waals surface area contributed by atoms with E-state index in [0.717, 1.165) is 6.42 Å². The zero-order valence-electron chi connectivity index (χ0n) is 9.19. The lowest BCUT2D eigenvalue weighted by Crippen LogP contribution is -2.25. The van der Waals surface area contributed by atoms with Gasteiger partial charge in [-0.25, -0.2) is 13.4 Å². The van der Waals surface area contributed by atoms with Crippen LogP contribution in [0.3, 0.4) is 0 Å². The molecule has 1 aromatic heterocycles. The lowest BCUT2D eigenvalue weighted by atomic mass is 10.2. The fraction of sp³-hybridized carbons (Fsp3) is 0.500. The summed E-state index contributed by atoms with van der Waals surface area (Å²) in [5.74, 6) is 0.720. The summed E-state index contributed by atoms with van der Waals surface area (Å²) in [6, 6.07) is 3.23. The first kappa shape index (κ1) is 12.4. The van der Waals surface area contributed by atoms with Gasteiger partial charge in [0.25, 0.3) is 0 Å². The maximum absolute atomic E-state index is 11.6. The molecule has 0 aliphatic carbocycles. The molecule has 0 radical (unpaired) electrons. The Morgan fingerprint density at radius 3 is 2.94 bits per heavy atom. The molecule has 1 aliphatic rings. The molecule has 0 saturated carbocycles. The number of nitrogen functional groups attached to an aromatic ring is 1. The van der Waals surface area contributed by atoms with Gasteiger partial charge in [0, 0.05) is 6.54 Å². The topological polar surface area (TPSA) is 85.1 Å². The Morgan fingerprint density at radius 1 is 1.53 bits per heavy atom. The molecule has 2 rings (SSSR count). The highest BCUT2D eigenvalue weighted by atomic mass is 35.5. The molecule has 17 heavy (non-hydrogen) atoms. The molecule has 0 bridgehead atoms. The number of rotatable bonds is 3. The van der Waals surface area contributed by atoms with Crippen molar-refractivity contribution in [3.05, 3.63) is 17.3 Å². The van der Waals surface area contributed by atoms with E-state index in [1.165, 1.54) is 0 Å². The molecule has 1 aliphatic heterocycles. The summed E-state index contributed by atoms with van der Waals surface area (Å²) in [4.78, 5) is 4.02. The molecule has 0 amide bonds. The summed E-state index contributed by atoms with van der Waals surface area (Å²) in [6.07, 6.45) is 1.42. The largest absolute Gasteiger partial charge is 0.396 e. The molecule has 0 spiro atoms. The monoisotopic (exact) mass is 275 g/mol. The summed E-state index contributed by atoms with van der Waals surface area (Å²) in [5, 5.41) is 2.94. The molecular weight excluding hydrogens is 262 g/mol. The van der Waals surface area contributed by atoms with Crippen molar-refractivity contribution in [2.75, 3.05) is 23.3 Å². The summed E-state index contributed by atoms with van der Waals surface area (Å²) in [6.45, 7) is 0.333. The third-order valence-electron chi connectivity index (χ3n) is 2.85. The van der Waals surface area contributed by atoms with Gasteiger partial charge in [0.15, 0.2) is 15.7 Å². The Hall–Kier alpha value is -1.01. The van der Waals surface area contributed by atoms with Crippen molar-refractivity contribution in [1.29, 1.82) is 0 Å². The number of halogens is 1. The zero-order valence-corrected chi connectivity index (χ0v) is 10.8. The minimum Gasteiger partial charge on any atom is -0.396 e. The molecule has 1 aromatic rings. The Kier molecular flexibility index (Phi) is 3.44. The van der Waals surface area contributed by atoms with Crippen LogP contribution in [0, 0.1) is 0 Å². The smallest absolute Gasteiger partial charge is 0.154 e. The first-order valence-corrected chi connectivity index (χ1v) is 7.46. The molecule has 0 aromatic carbocycles. The number of nitrogens with one attached hydrogen (secondary N) is 1. The van der Waals surface area contributed by atoms with Crippen LogP contribution in [0.2, 0.25) is 5.15 Å². The van der Waals surface area contributed by atoms with Gasteiger partial charge in [-0.2, -0.15) is 0 Å². The summed E-state index contributed by atoms with van der Waals surface area (Å²) < 4.78 is 23.2. The minimum atomic E-state index is -2.94. The number of sulfone groups is 1. The maximum Gasteiger partial charge on any atom is 0.154 e. The second-order valence-electron chi connectivity index (χ2n) is 4.08. The Balaban J connectivity index is 2.05. The van der Waals surface area contributed by atoms with Crippen molar-refractivity contribution in [2.24, 2.45) is 0 Å². The van der Waals surface area contributed by atoms with E-state index in [4.69, 9.17) is 17.3 Å². The highest BCUT2D eigenvalue weighted by Crippen LogP contribution is 2.22. The Morgan fingerprint density at radius 2 is 2.29 bits per heavy atom. The van der Waals surface area contributed by atoms with Crippen molar-refractivity contribution < 1.29 is 8.42 Å². The highest BCUT2D eigenvalue weighted by molar-refractivity contribution is 7.92. The van der Waals surface area contributed by atoms with E-state index in [0.29, 0.717) is 29.6 Å². The summed E-state index contributed by atoms with van der Waals surface area (Å²) in [5.41, 5.74) is 6.17. The number of nitrogens with zero attached hydrogens (tertiary/aromatic N) is 1. The van der Waals surface area contributed by atoms with Crippen molar-refractivity contribution in [3.8, 4) is 0 Å². The van der Waals surface area contributed by atoms with E-state index in [9.17, 15) is 8.42 Å². The average molecular weight is 276 g/mol. The minimum absolute atomic E-state index is 0.276. The van der Waals surface area contributed by atoms with E-state index >= 15 is 0 Å². The van der Waals surface area contributed by atoms with Crippen molar-refractivity contribution in [1.82, 2.24) is 4.98 Å². The number of hydrogen-bond acceptors (Lipinski definition) is 5. The van der Waals surface area contributed by atoms with Crippen LogP contribution in [-0.4, -0.2) is 30.9 Å². The second kappa shape index (κ2) is 4.70. The lowest BCUT2D eigenvalue weighted by Gasteiger charge is -2.12. The molecule has 1 saturated heterocycles. The fourth-order valence-corrected chi connectivity index (χ4v) is 3.80. The molecule has 7 heteroatoms. The van der Waals surface area contributed by atoms with Gasteiger partial charge in [-0.3, -0.25) is 0 Å². The van der Waals surface area contributed by atoms with Gasteiger partial charge < -0.3 is 11.1 Å². The number of anilines is 2. The van der Waals surface area contributed by atoms with Gasteiger partial charge in [-0.05, 0) is 25.0 Å². The molecule has 1 unspecified atom stereocenters. The Bertz CT molecular complexity index is 518. The lowest BCUT2D eigenvalue weighted by molar-refractivity contribution is 0.591. The van der Waals surface area contributed by atoms with Crippen LogP contribution in [0.5, 0.6) is 0 Å². The predicted octanol–water partition coefficient (Wildman–Crippen LogP) is 1.31. The van der Waals surface area contributed by atoms with E-state index in [1.54, 1.807) is 12.1 Å². The number of nitrogens with two attached hydrogens (primary N) is 1. The van der Waals surface area contributed by atoms with E-state index < -0.39 is 9.84 Å². The van der Waals surface area contributed by atoms with Gasteiger partial charge in [-0.15, -0.1) is 0 Å². The third kappa shape index (κ3) is 2.81. The SMILES string of the molecule is Nc1ccc(Cl)nc1NCC1CCCS1(=O)=O. The van der Waals surface area contributed by atoms with Gasteiger partial charge in [0.1, 0.15) is 5.15 Å². The predicted molar refractivity (Wildman–Crippen MR) is 69.0 cm³/mol.